The summed E-state index contributed by atoms with van der Waals surface area (Å²) in [5.41, 5.74) is 0. The first-order chi connectivity index (χ1) is 7.05. The molecular weight excluding hydrogens is 268 g/mol. The van der Waals surface area contributed by atoms with Gasteiger partial charge in [-0.1, -0.05) is 17.8 Å². The summed E-state index contributed by atoms with van der Waals surface area (Å²) in [6.07, 6.45) is 1.23. The van der Waals surface area contributed by atoms with Gasteiger partial charge in [0.1, 0.15) is 4.21 Å². The van der Waals surface area contributed by atoms with Crippen molar-refractivity contribution in [1.82, 2.24) is 0 Å². The van der Waals surface area contributed by atoms with E-state index in [1.807, 2.05) is 23.6 Å². The molecule has 0 fully saturated rings. The second-order valence-corrected chi connectivity index (χ2v) is 8.75. The minimum absolute atomic E-state index is 0.432. The molecule has 15 heavy (non-hydrogen) atoms. The highest BCUT2D eigenvalue weighted by atomic mass is 32.2. The normalized spacial score (nSPS) is 11.8. The number of thiophene rings is 2. The van der Waals surface area contributed by atoms with E-state index in [4.69, 9.17) is 0 Å². The Hall–Kier alpha value is -0.300. The zero-order chi connectivity index (χ0) is 10.9. The van der Waals surface area contributed by atoms with Gasteiger partial charge in [0.2, 0.25) is 0 Å². The third kappa shape index (κ3) is 2.84. The molecule has 0 aliphatic rings. The highest BCUT2D eigenvalue weighted by molar-refractivity contribution is 8.03. The topological polar surface area (TPSA) is 34.1 Å². The molecule has 0 atom stereocenters. The highest BCUT2D eigenvalue weighted by Crippen LogP contribution is 2.36. The fraction of sp³-hybridized carbons (Fsp3) is 0.111. The van der Waals surface area contributed by atoms with Crippen LogP contribution in [0.4, 0.5) is 0 Å². The maximum atomic E-state index is 11.3. The van der Waals surface area contributed by atoms with Crippen molar-refractivity contribution < 1.29 is 8.42 Å². The summed E-state index contributed by atoms with van der Waals surface area (Å²) in [6.45, 7) is 0. The van der Waals surface area contributed by atoms with Gasteiger partial charge in [0, 0.05) is 6.26 Å². The van der Waals surface area contributed by atoms with Crippen molar-refractivity contribution in [3.63, 3.8) is 0 Å². The SMILES string of the molecule is CS(=O)(=O)c1ccc(Sc2cccs2)s1. The Morgan fingerprint density at radius 2 is 2.00 bits per heavy atom. The van der Waals surface area contributed by atoms with Crippen LogP contribution < -0.4 is 0 Å². The van der Waals surface area contributed by atoms with Gasteiger partial charge in [0.15, 0.2) is 9.84 Å². The molecule has 2 nitrogen and oxygen atoms in total. The van der Waals surface area contributed by atoms with Crippen molar-refractivity contribution >= 4 is 44.3 Å². The zero-order valence-corrected chi connectivity index (χ0v) is 11.1. The van der Waals surface area contributed by atoms with E-state index in [0.717, 1.165) is 4.21 Å². The number of hydrogen-bond acceptors (Lipinski definition) is 5. The predicted molar refractivity (Wildman–Crippen MR) is 65.9 cm³/mol. The first kappa shape index (κ1) is 11.2. The Labute approximate surface area is 101 Å². The van der Waals surface area contributed by atoms with Crippen LogP contribution in [0.1, 0.15) is 0 Å². The molecule has 0 radical (unpaired) electrons. The van der Waals surface area contributed by atoms with Gasteiger partial charge in [0.05, 0.1) is 8.42 Å². The lowest BCUT2D eigenvalue weighted by atomic mass is 10.7. The fourth-order valence-electron chi connectivity index (χ4n) is 0.978. The smallest absolute Gasteiger partial charge is 0.184 e. The van der Waals surface area contributed by atoms with Crippen molar-refractivity contribution in [2.24, 2.45) is 0 Å². The van der Waals surface area contributed by atoms with Crippen molar-refractivity contribution in [2.45, 2.75) is 12.6 Å². The van der Waals surface area contributed by atoms with Gasteiger partial charge in [-0.05, 0) is 23.6 Å². The van der Waals surface area contributed by atoms with Crippen LogP contribution in [-0.4, -0.2) is 14.7 Å². The summed E-state index contributed by atoms with van der Waals surface area (Å²) in [5, 5.41) is 2.01. The average molecular weight is 276 g/mol. The number of sulfone groups is 1. The Morgan fingerprint density at radius 3 is 2.53 bits per heavy atom. The second kappa shape index (κ2) is 4.29. The molecule has 80 valence electrons. The summed E-state index contributed by atoms with van der Waals surface area (Å²) >= 11 is 4.58. The van der Waals surface area contributed by atoms with Crippen LogP contribution in [0, 0.1) is 0 Å². The van der Waals surface area contributed by atoms with E-state index >= 15 is 0 Å². The maximum Gasteiger partial charge on any atom is 0.184 e. The predicted octanol–water partition coefficient (Wildman–Crippen LogP) is 3.36. The van der Waals surface area contributed by atoms with Crippen LogP contribution in [0.2, 0.25) is 0 Å². The molecule has 0 aliphatic heterocycles. The third-order valence-corrected chi connectivity index (χ3v) is 6.69. The van der Waals surface area contributed by atoms with Crippen LogP contribution in [0.3, 0.4) is 0 Å². The fourth-order valence-corrected chi connectivity index (χ4v) is 5.22. The summed E-state index contributed by atoms with van der Waals surface area (Å²) < 4.78 is 25.1. The molecule has 0 unspecified atom stereocenters. The van der Waals surface area contributed by atoms with Crippen LogP contribution in [0.5, 0.6) is 0 Å². The second-order valence-electron chi connectivity index (χ2n) is 2.88. The first-order valence-electron chi connectivity index (χ1n) is 4.07. The summed E-state index contributed by atoms with van der Waals surface area (Å²) in [4.78, 5) is 0. The molecular formula is C9H8O2S4. The quantitative estimate of drug-likeness (QED) is 0.862. The number of rotatable bonds is 3. The van der Waals surface area contributed by atoms with Crippen LogP contribution in [0.15, 0.2) is 42.3 Å². The van der Waals surface area contributed by atoms with Crippen molar-refractivity contribution in [2.75, 3.05) is 6.26 Å². The molecule has 6 heteroatoms. The van der Waals surface area contributed by atoms with Gasteiger partial charge < -0.3 is 0 Å². The lowest BCUT2D eigenvalue weighted by Crippen LogP contribution is -1.91. The van der Waals surface area contributed by atoms with Gasteiger partial charge in [-0.2, -0.15) is 0 Å². The molecule has 0 saturated heterocycles. The van der Waals surface area contributed by atoms with E-state index in [9.17, 15) is 8.42 Å². The molecule has 0 amide bonds. The molecule has 2 heterocycles. The zero-order valence-electron chi connectivity index (χ0n) is 7.84. The molecule has 0 N–H and O–H groups in total. The minimum Gasteiger partial charge on any atom is -0.223 e. The molecule has 2 rings (SSSR count). The van der Waals surface area contributed by atoms with Gasteiger partial charge in [-0.15, -0.1) is 22.7 Å². The van der Waals surface area contributed by atoms with Crippen LogP contribution in [0.25, 0.3) is 0 Å². The van der Waals surface area contributed by atoms with E-state index in [1.165, 1.54) is 21.8 Å². The lowest BCUT2D eigenvalue weighted by molar-refractivity contribution is 0.604. The number of hydrogen-bond donors (Lipinski definition) is 0. The summed E-state index contributed by atoms with van der Waals surface area (Å²) in [6, 6.07) is 7.52. The van der Waals surface area contributed by atoms with Crippen LogP contribution in [-0.2, 0) is 9.84 Å². The van der Waals surface area contributed by atoms with Crippen molar-refractivity contribution in [1.29, 1.82) is 0 Å². The van der Waals surface area contributed by atoms with E-state index in [2.05, 4.69) is 0 Å². The molecule has 0 bridgehead atoms. The standard InChI is InChI=1S/C9H8O2S4/c1-15(10,11)9-5-4-8(14-9)13-7-3-2-6-12-7/h2-6H,1H3. The van der Waals surface area contributed by atoms with Gasteiger partial charge in [0.25, 0.3) is 0 Å². The third-order valence-electron chi connectivity index (χ3n) is 1.62. The molecule has 2 aromatic rings. The highest BCUT2D eigenvalue weighted by Gasteiger charge is 2.11. The van der Waals surface area contributed by atoms with E-state index in [-0.39, 0.29) is 0 Å². The Kier molecular flexibility index (Phi) is 3.20. The van der Waals surface area contributed by atoms with E-state index in [0.29, 0.717) is 4.21 Å². The minimum atomic E-state index is -3.05. The van der Waals surface area contributed by atoms with Crippen molar-refractivity contribution in [3.8, 4) is 0 Å². The Balaban J connectivity index is 2.22. The van der Waals surface area contributed by atoms with Gasteiger partial charge in [-0.3, -0.25) is 0 Å². The van der Waals surface area contributed by atoms with Crippen LogP contribution >= 0.6 is 34.4 Å². The Bertz CT molecular complexity index is 536. The molecule has 0 aromatic carbocycles. The summed E-state index contributed by atoms with van der Waals surface area (Å²) in [5.74, 6) is 0. The van der Waals surface area contributed by atoms with Crippen molar-refractivity contribution in [3.05, 3.63) is 29.6 Å². The molecule has 0 aliphatic carbocycles. The van der Waals surface area contributed by atoms with Gasteiger partial charge in [-0.25, -0.2) is 8.42 Å². The summed E-state index contributed by atoms with van der Waals surface area (Å²) in [7, 11) is -3.05. The molecule has 0 spiro atoms. The monoisotopic (exact) mass is 276 g/mol. The molecule has 0 saturated carbocycles. The largest absolute Gasteiger partial charge is 0.223 e. The Morgan fingerprint density at radius 1 is 1.20 bits per heavy atom. The lowest BCUT2D eigenvalue weighted by Gasteiger charge is -1.91. The van der Waals surface area contributed by atoms with E-state index in [1.54, 1.807) is 29.2 Å². The average Bonchev–Trinajstić information content (AvgIpc) is 2.73. The maximum absolute atomic E-state index is 11.3. The first-order valence-corrected chi connectivity index (χ1v) is 8.47. The van der Waals surface area contributed by atoms with E-state index < -0.39 is 9.84 Å². The van der Waals surface area contributed by atoms with Gasteiger partial charge >= 0.3 is 0 Å². The molecule has 2 aromatic heterocycles.